The number of carbonyl (C=O) groups excluding carboxylic acids is 3. The molecule has 1 aliphatic rings. The SMILES string of the molecule is C[C@H](NC(=O)[C@@H]1CC(=O)N(c2ccc(F)cc2)C1)C(=O)N[C@@H](C(=O)O)c1ccccc1. The highest BCUT2D eigenvalue weighted by Gasteiger charge is 2.36. The molecule has 0 bridgehead atoms. The highest BCUT2D eigenvalue weighted by molar-refractivity contribution is 6.01. The van der Waals surface area contributed by atoms with Gasteiger partial charge in [-0.25, -0.2) is 9.18 Å². The second-order valence-electron chi connectivity index (χ2n) is 7.30. The number of carboxylic acids is 1. The Morgan fingerprint density at radius 2 is 1.71 bits per heavy atom. The molecule has 2 aromatic carbocycles. The van der Waals surface area contributed by atoms with E-state index in [-0.39, 0.29) is 18.9 Å². The van der Waals surface area contributed by atoms with E-state index in [1.54, 1.807) is 30.3 Å². The summed E-state index contributed by atoms with van der Waals surface area (Å²) in [5.41, 5.74) is 0.887. The van der Waals surface area contributed by atoms with Crippen LogP contribution in [-0.4, -0.2) is 41.4 Å². The molecule has 8 nitrogen and oxygen atoms in total. The first kappa shape index (κ1) is 21.9. The zero-order valence-electron chi connectivity index (χ0n) is 16.7. The van der Waals surface area contributed by atoms with E-state index in [1.807, 2.05) is 0 Å². The number of carbonyl (C=O) groups is 4. The number of nitrogens with one attached hydrogen (secondary N) is 2. The lowest BCUT2D eigenvalue weighted by atomic mass is 10.1. The van der Waals surface area contributed by atoms with Crippen molar-refractivity contribution in [1.29, 1.82) is 0 Å². The van der Waals surface area contributed by atoms with Crippen LogP contribution in [0.25, 0.3) is 0 Å². The van der Waals surface area contributed by atoms with Crippen LogP contribution in [0.3, 0.4) is 0 Å². The van der Waals surface area contributed by atoms with Crippen LogP contribution in [0.5, 0.6) is 0 Å². The van der Waals surface area contributed by atoms with Gasteiger partial charge >= 0.3 is 5.97 Å². The second kappa shape index (κ2) is 9.38. The van der Waals surface area contributed by atoms with Gasteiger partial charge in [-0.1, -0.05) is 30.3 Å². The van der Waals surface area contributed by atoms with Crippen LogP contribution in [0.15, 0.2) is 54.6 Å². The average molecular weight is 427 g/mol. The summed E-state index contributed by atoms with van der Waals surface area (Å²) in [6.07, 6.45) is -0.0423. The molecule has 0 radical (unpaired) electrons. The van der Waals surface area contributed by atoms with Gasteiger partial charge in [0.1, 0.15) is 11.9 Å². The predicted molar refractivity (Wildman–Crippen MR) is 109 cm³/mol. The molecule has 162 valence electrons. The average Bonchev–Trinajstić information content (AvgIpc) is 3.14. The minimum Gasteiger partial charge on any atom is -0.479 e. The van der Waals surface area contributed by atoms with Gasteiger partial charge < -0.3 is 20.6 Å². The molecule has 1 heterocycles. The Bertz CT molecular complexity index is 980. The summed E-state index contributed by atoms with van der Waals surface area (Å²) in [4.78, 5) is 50.3. The largest absolute Gasteiger partial charge is 0.479 e. The summed E-state index contributed by atoms with van der Waals surface area (Å²) >= 11 is 0. The highest BCUT2D eigenvalue weighted by atomic mass is 19.1. The van der Waals surface area contributed by atoms with Gasteiger partial charge in [-0.2, -0.15) is 0 Å². The van der Waals surface area contributed by atoms with Gasteiger partial charge in [-0.15, -0.1) is 0 Å². The van der Waals surface area contributed by atoms with Crippen molar-refractivity contribution in [2.45, 2.75) is 25.4 Å². The van der Waals surface area contributed by atoms with Crippen molar-refractivity contribution in [3.8, 4) is 0 Å². The van der Waals surface area contributed by atoms with E-state index in [0.29, 0.717) is 11.3 Å². The van der Waals surface area contributed by atoms with Crippen molar-refractivity contribution < 1.29 is 28.7 Å². The van der Waals surface area contributed by atoms with E-state index in [4.69, 9.17) is 0 Å². The molecular formula is C22H22FN3O5. The Morgan fingerprint density at radius 3 is 2.32 bits per heavy atom. The van der Waals surface area contributed by atoms with Crippen molar-refractivity contribution in [2.24, 2.45) is 5.92 Å². The van der Waals surface area contributed by atoms with Crippen LogP contribution in [0.2, 0.25) is 0 Å². The number of hydrogen-bond acceptors (Lipinski definition) is 4. The van der Waals surface area contributed by atoms with Crippen LogP contribution >= 0.6 is 0 Å². The maximum atomic E-state index is 13.1. The van der Waals surface area contributed by atoms with Gasteiger partial charge in [-0.05, 0) is 36.8 Å². The monoisotopic (exact) mass is 427 g/mol. The molecule has 1 fully saturated rings. The molecule has 0 unspecified atom stereocenters. The van der Waals surface area contributed by atoms with Gasteiger partial charge in [0.25, 0.3) is 0 Å². The quantitative estimate of drug-likeness (QED) is 0.621. The number of aliphatic carboxylic acids is 1. The molecule has 0 aliphatic carbocycles. The topological polar surface area (TPSA) is 116 Å². The van der Waals surface area contributed by atoms with Crippen LogP contribution in [-0.2, 0) is 19.2 Å². The molecule has 1 saturated heterocycles. The van der Waals surface area contributed by atoms with E-state index < -0.39 is 41.6 Å². The van der Waals surface area contributed by atoms with Crippen molar-refractivity contribution in [2.75, 3.05) is 11.4 Å². The predicted octanol–water partition coefficient (Wildman–Crippen LogP) is 1.63. The zero-order chi connectivity index (χ0) is 22.5. The summed E-state index contributed by atoms with van der Waals surface area (Å²) < 4.78 is 13.1. The standard InChI is InChI=1S/C22H22FN3O5/c1-13(20(28)25-19(22(30)31)14-5-3-2-4-6-14)24-21(29)15-11-18(27)26(12-15)17-9-7-16(23)8-10-17/h2-10,13,15,19H,11-12H2,1H3,(H,24,29)(H,25,28)(H,30,31)/t13-,15+,19+/m0/s1. The fourth-order valence-corrected chi connectivity index (χ4v) is 3.35. The Labute approximate surface area is 178 Å². The first-order chi connectivity index (χ1) is 14.8. The van der Waals surface area contributed by atoms with Crippen molar-refractivity contribution in [3.05, 3.63) is 66.0 Å². The summed E-state index contributed by atoms with van der Waals surface area (Å²) in [6, 6.07) is 11.3. The molecule has 3 N–H and O–H groups in total. The Kier molecular flexibility index (Phi) is 6.64. The normalized spacial score (nSPS) is 17.7. The van der Waals surface area contributed by atoms with Gasteiger partial charge in [0.05, 0.1) is 5.92 Å². The second-order valence-corrected chi connectivity index (χ2v) is 7.30. The van der Waals surface area contributed by atoms with E-state index >= 15 is 0 Å². The van der Waals surface area contributed by atoms with Gasteiger partial charge in [-0.3, -0.25) is 14.4 Å². The van der Waals surface area contributed by atoms with E-state index in [9.17, 15) is 28.7 Å². The number of nitrogens with zero attached hydrogens (tertiary/aromatic N) is 1. The first-order valence-electron chi connectivity index (χ1n) is 9.70. The van der Waals surface area contributed by atoms with Gasteiger partial charge in [0.2, 0.25) is 17.7 Å². The summed E-state index contributed by atoms with van der Waals surface area (Å²) in [7, 11) is 0. The molecule has 0 spiro atoms. The molecule has 0 saturated carbocycles. The number of anilines is 1. The van der Waals surface area contributed by atoms with Crippen molar-refractivity contribution in [3.63, 3.8) is 0 Å². The molecule has 3 rings (SSSR count). The third-order valence-corrected chi connectivity index (χ3v) is 5.05. The van der Waals surface area contributed by atoms with E-state index in [1.165, 1.54) is 36.1 Å². The molecule has 2 aromatic rings. The van der Waals surface area contributed by atoms with Crippen molar-refractivity contribution in [1.82, 2.24) is 10.6 Å². The Morgan fingerprint density at radius 1 is 1.06 bits per heavy atom. The minimum atomic E-state index is -1.25. The van der Waals surface area contributed by atoms with Crippen LogP contribution in [0.1, 0.15) is 24.9 Å². The minimum absolute atomic E-state index is 0.0423. The molecule has 3 atom stereocenters. The molecule has 1 aliphatic heterocycles. The number of halogens is 1. The molecule has 3 amide bonds. The van der Waals surface area contributed by atoms with E-state index in [0.717, 1.165) is 0 Å². The fourth-order valence-electron chi connectivity index (χ4n) is 3.35. The lowest BCUT2D eigenvalue weighted by Gasteiger charge is -2.20. The zero-order valence-corrected chi connectivity index (χ0v) is 16.7. The summed E-state index contributed by atoms with van der Waals surface area (Å²) in [5, 5.41) is 14.4. The summed E-state index contributed by atoms with van der Waals surface area (Å²) in [5.74, 6) is -3.78. The Balaban J connectivity index is 1.59. The number of carboxylic acid groups (broad SMARTS) is 1. The number of amides is 3. The van der Waals surface area contributed by atoms with Crippen LogP contribution in [0.4, 0.5) is 10.1 Å². The smallest absolute Gasteiger partial charge is 0.330 e. The fraction of sp³-hybridized carbons (Fsp3) is 0.273. The third-order valence-electron chi connectivity index (χ3n) is 5.05. The third kappa shape index (κ3) is 5.25. The van der Waals surface area contributed by atoms with Gasteiger partial charge in [0, 0.05) is 18.7 Å². The molecule has 9 heteroatoms. The van der Waals surface area contributed by atoms with E-state index in [2.05, 4.69) is 10.6 Å². The number of hydrogen-bond donors (Lipinski definition) is 3. The van der Waals surface area contributed by atoms with Crippen LogP contribution in [0, 0.1) is 11.7 Å². The number of benzene rings is 2. The molecular weight excluding hydrogens is 405 g/mol. The lowest BCUT2D eigenvalue weighted by molar-refractivity contribution is -0.142. The van der Waals surface area contributed by atoms with Crippen molar-refractivity contribution >= 4 is 29.4 Å². The maximum absolute atomic E-state index is 13.1. The van der Waals surface area contributed by atoms with Crippen LogP contribution < -0.4 is 15.5 Å². The first-order valence-corrected chi connectivity index (χ1v) is 9.70. The number of rotatable bonds is 7. The molecule has 31 heavy (non-hydrogen) atoms. The summed E-state index contributed by atoms with van der Waals surface area (Å²) in [6.45, 7) is 1.54. The lowest BCUT2D eigenvalue weighted by Crippen LogP contribution is -2.49. The maximum Gasteiger partial charge on any atom is 0.330 e. The van der Waals surface area contributed by atoms with Gasteiger partial charge in [0.15, 0.2) is 6.04 Å². The molecule has 0 aromatic heterocycles. The highest BCUT2D eigenvalue weighted by Crippen LogP contribution is 2.25. The Hall–Kier alpha value is -3.75.